The largest absolute Gasteiger partial charge is 0.396 e. The zero-order valence-corrected chi connectivity index (χ0v) is 11.3. The molecule has 0 heterocycles. The fourth-order valence-electron chi connectivity index (χ4n) is 1.70. The van der Waals surface area contributed by atoms with Gasteiger partial charge >= 0.3 is 0 Å². The van der Waals surface area contributed by atoms with Gasteiger partial charge in [-0.3, -0.25) is 4.79 Å². The van der Waals surface area contributed by atoms with Crippen LogP contribution in [0.5, 0.6) is 0 Å². The molecule has 1 amide bonds. The molecule has 4 heteroatoms. The van der Waals surface area contributed by atoms with Crippen molar-refractivity contribution in [2.75, 3.05) is 13.2 Å². The second kappa shape index (κ2) is 7.69. The topological polar surface area (TPSA) is 49.3 Å². The third kappa shape index (κ3) is 5.22. The molecule has 0 aliphatic carbocycles. The van der Waals surface area contributed by atoms with Crippen LogP contribution in [0.3, 0.4) is 0 Å². The molecule has 0 saturated carbocycles. The fraction of sp³-hybridized carbons (Fsp3) is 0.400. The van der Waals surface area contributed by atoms with E-state index in [0.29, 0.717) is 24.1 Å². The van der Waals surface area contributed by atoms with Gasteiger partial charge in [-0.1, -0.05) is 25.1 Å². The first-order valence-electron chi connectivity index (χ1n) is 6.36. The number of hydrogen-bond donors (Lipinski definition) is 2. The number of allylic oxidation sites excluding steroid dienone is 1. The molecule has 0 aliphatic heterocycles. The quantitative estimate of drug-likeness (QED) is 0.776. The minimum absolute atomic E-state index is 0.112. The van der Waals surface area contributed by atoms with Gasteiger partial charge in [-0.05, 0) is 30.9 Å². The van der Waals surface area contributed by atoms with Crippen LogP contribution in [-0.2, 0) is 4.79 Å². The highest BCUT2D eigenvalue weighted by atomic mass is 19.1. The zero-order valence-electron chi connectivity index (χ0n) is 11.3. The van der Waals surface area contributed by atoms with E-state index in [9.17, 15) is 9.18 Å². The van der Waals surface area contributed by atoms with E-state index in [1.807, 2.05) is 6.92 Å². The molecule has 0 fully saturated rings. The number of carbonyl (C=O) groups excluding carboxylic acids is 1. The minimum Gasteiger partial charge on any atom is -0.396 e. The monoisotopic (exact) mass is 265 g/mol. The maximum Gasteiger partial charge on any atom is 0.244 e. The van der Waals surface area contributed by atoms with E-state index in [1.165, 1.54) is 12.1 Å². The van der Waals surface area contributed by atoms with E-state index in [0.717, 1.165) is 0 Å². The standard InChI is InChI=1S/C15H20FNO2/c1-11(7-8-18)10-17-15(19)9-12(2)13-5-3-4-6-14(13)16/h3-6,9,11,18H,7-8,10H2,1-2H3,(H,17,19)/b12-9-. The smallest absolute Gasteiger partial charge is 0.244 e. The van der Waals surface area contributed by atoms with Crippen LogP contribution >= 0.6 is 0 Å². The summed E-state index contributed by atoms with van der Waals surface area (Å²) in [6, 6.07) is 6.36. The highest BCUT2D eigenvalue weighted by Gasteiger charge is 2.06. The minimum atomic E-state index is -0.335. The van der Waals surface area contributed by atoms with Gasteiger partial charge in [0.2, 0.25) is 5.91 Å². The van der Waals surface area contributed by atoms with Crippen molar-refractivity contribution in [1.29, 1.82) is 0 Å². The van der Waals surface area contributed by atoms with Gasteiger partial charge in [0, 0.05) is 24.8 Å². The number of hydrogen-bond acceptors (Lipinski definition) is 2. The van der Waals surface area contributed by atoms with Gasteiger partial charge in [0.25, 0.3) is 0 Å². The number of aliphatic hydroxyl groups excluding tert-OH is 1. The van der Waals surface area contributed by atoms with E-state index in [-0.39, 0.29) is 24.2 Å². The van der Waals surface area contributed by atoms with Crippen LogP contribution in [0.4, 0.5) is 4.39 Å². The van der Waals surface area contributed by atoms with Gasteiger partial charge in [-0.2, -0.15) is 0 Å². The van der Waals surface area contributed by atoms with Crippen LogP contribution < -0.4 is 5.32 Å². The summed E-state index contributed by atoms with van der Waals surface area (Å²) in [7, 11) is 0. The van der Waals surface area contributed by atoms with E-state index in [2.05, 4.69) is 5.32 Å². The molecule has 104 valence electrons. The van der Waals surface area contributed by atoms with Gasteiger partial charge in [-0.15, -0.1) is 0 Å². The first kappa shape index (κ1) is 15.4. The fourth-order valence-corrected chi connectivity index (χ4v) is 1.70. The van der Waals surface area contributed by atoms with Crippen molar-refractivity contribution in [3.63, 3.8) is 0 Å². The summed E-state index contributed by atoms with van der Waals surface area (Å²) in [6.07, 6.45) is 2.04. The van der Waals surface area contributed by atoms with Crippen molar-refractivity contribution in [2.24, 2.45) is 5.92 Å². The van der Waals surface area contributed by atoms with Gasteiger partial charge in [0.1, 0.15) is 5.82 Å². The Hall–Kier alpha value is -1.68. The Morgan fingerprint density at radius 2 is 2.16 bits per heavy atom. The molecule has 0 spiro atoms. The zero-order chi connectivity index (χ0) is 14.3. The van der Waals surface area contributed by atoms with Crippen molar-refractivity contribution >= 4 is 11.5 Å². The lowest BCUT2D eigenvalue weighted by molar-refractivity contribution is -0.116. The molecule has 1 unspecified atom stereocenters. The number of aliphatic hydroxyl groups is 1. The first-order chi connectivity index (χ1) is 9.04. The second-order valence-electron chi connectivity index (χ2n) is 4.67. The van der Waals surface area contributed by atoms with Crippen molar-refractivity contribution in [3.05, 3.63) is 41.7 Å². The van der Waals surface area contributed by atoms with Gasteiger partial charge < -0.3 is 10.4 Å². The number of nitrogens with one attached hydrogen (secondary N) is 1. The lowest BCUT2D eigenvalue weighted by Gasteiger charge is -2.10. The number of carbonyl (C=O) groups is 1. The Bertz CT molecular complexity index is 457. The average molecular weight is 265 g/mol. The van der Waals surface area contributed by atoms with Crippen LogP contribution in [0.2, 0.25) is 0 Å². The Morgan fingerprint density at radius 1 is 1.47 bits per heavy atom. The number of benzene rings is 1. The molecular formula is C15H20FNO2. The first-order valence-corrected chi connectivity index (χ1v) is 6.36. The molecule has 0 saturated heterocycles. The molecule has 19 heavy (non-hydrogen) atoms. The molecular weight excluding hydrogens is 245 g/mol. The second-order valence-corrected chi connectivity index (χ2v) is 4.67. The van der Waals surface area contributed by atoms with E-state index >= 15 is 0 Å². The summed E-state index contributed by atoms with van der Waals surface area (Å²) >= 11 is 0. The Labute approximate surface area is 113 Å². The lowest BCUT2D eigenvalue weighted by Crippen LogP contribution is -2.27. The maximum absolute atomic E-state index is 13.5. The van der Waals surface area contributed by atoms with Crippen molar-refractivity contribution in [2.45, 2.75) is 20.3 Å². The predicted octanol–water partition coefficient (Wildman–Crippen LogP) is 2.36. The maximum atomic E-state index is 13.5. The molecule has 2 N–H and O–H groups in total. The van der Waals surface area contributed by atoms with Gasteiger partial charge in [-0.25, -0.2) is 4.39 Å². The number of amides is 1. The summed E-state index contributed by atoms with van der Waals surface area (Å²) < 4.78 is 13.5. The number of halogens is 1. The van der Waals surface area contributed by atoms with Crippen LogP contribution in [0, 0.1) is 11.7 Å². The van der Waals surface area contributed by atoms with Crippen molar-refractivity contribution < 1.29 is 14.3 Å². The lowest BCUT2D eigenvalue weighted by atomic mass is 10.1. The summed E-state index contributed by atoms with van der Waals surface area (Å²) in [5.41, 5.74) is 1.02. The molecule has 0 aromatic heterocycles. The van der Waals surface area contributed by atoms with Crippen molar-refractivity contribution in [1.82, 2.24) is 5.32 Å². The Morgan fingerprint density at radius 3 is 2.79 bits per heavy atom. The summed E-state index contributed by atoms with van der Waals surface area (Å²) in [4.78, 5) is 11.7. The Balaban J connectivity index is 2.59. The summed E-state index contributed by atoms with van der Waals surface area (Å²) in [5, 5.41) is 11.5. The highest BCUT2D eigenvalue weighted by Crippen LogP contribution is 2.16. The predicted molar refractivity (Wildman–Crippen MR) is 73.9 cm³/mol. The van der Waals surface area contributed by atoms with Crippen LogP contribution in [0.1, 0.15) is 25.8 Å². The molecule has 1 aromatic carbocycles. The average Bonchev–Trinajstić information content (AvgIpc) is 2.37. The van der Waals surface area contributed by atoms with Crippen LogP contribution in [-0.4, -0.2) is 24.2 Å². The molecule has 3 nitrogen and oxygen atoms in total. The van der Waals surface area contributed by atoms with Crippen molar-refractivity contribution in [3.8, 4) is 0 Å². The van der Waals surface area contributed by atoms with Crippen LogP contribution in [0.15, 0.2) is 30.3 Å². The summed E-state index contributed by atoms with van der Waals surface area (Å²) in [5.74, 6) is -0.362. The molecule has 1 aromatic rings. The highest BCUT2D eigenvalue weighted by molar-refractivity contribution is 5.94. The number of rotatable bonds is 6. The molecule has 1 atom stereocenters. The van der Waals surface area contributed by atoms with E-state index in [4.69, 9.17) is 5.11 Å². The molecule has 1 rings (SSSR count). The van der Waals surface area contributed by atoms with Crippen LogP contribution in [0.25, 0.3) is 5.57 Å². The third-order valence-corrected chi connectivity index (χ3v) is 2.89. The summed E-state index contributed by atoms with van der Waals surface area (Å²) in [6.45, 7) is 4.26. The van der Waals surface area contributed by atoms with E-state index < -0.39 is 0 Å². The van der Waals surface area contributed by atoms with Gasteiger partial charge in [0.15, 0.2) is 0 Å². The molecule has 0 aliphatic rings. The SMILES string of the molecule is C/C(=C/C(=O)NCC(C)CCO)c1ccccc1F. The van der Waals surface area contributed by atoms with Gasteiger partial charge in [0.05, 0.1) is 0 Å². The third-order valence-electron chi connectivity index (χ3n) is 2.89. The molecule has 0 radical (unpaired) electrons. The Kier molecular flexibility index (Phi) is 6.22. The normalized spacial score (nSPS) is 13.2. The molecule has 0 bridgehead atoms. The van der Waals surface area contributed by atoms with E-state index in [1.54, 1.807) is 25.1 Å².